The number of fused-ring (bicyclic) bond motifs is 1. The number of carbonyl (C=O) groups excluding carboxylic acids is 1. The van der Waals surface area contributed by atoms with Crippen molar-refractivity contribution in [3.8, 4) is 0 Å². The predicted molar refractivity (Wildman–Crippen MR) is 89.7 cm³/mol. The van der Waals surface area contributed by atoms with Crippen molar-refractivity contribution in [3.63, 3.8) is 0 Å². The second kappa shape index (κ2) is 6.24. The minimum Gasteiger partial charge on any atom is -0.326 e. The molecular weight excluding hydrogens is 312 g/mol. The van der Waals surface area contributed by atoms with E-state index in [9.17, 15) is 13.2 Å². The molecule has 0 spiro atoms. The molecule has 1 amide bonds. The van der Waals surface area contributed by atoms with Crippen LogP contribution in [0.2, 0.25) is 0 Å². The third-order valence-corrected chi connectivity index (χ3v) is 6.78. The Balaban J connectivity index is 1.81. The van der Waals surface area contributed by atoms with Crippen LogP contribution in [0.15, 0.2) is 23.1 Å². The average Bonchev–Trinajstić information content (AvgIpc) is 2.51. The lowest BCUT2D eigenvalue weighted by atomic mass is 9.78. The van der Waals surface area contributed by atoms with Gasteiger partial charge in [0.25, 0.3) is 0 Å². The maximum Gasteiger partial charge on any atom is 0.240 e. The smallest absolute Gasteiger partial charge is 0.240 e. The van der Waals surface area contributed by atoms with Crippen molar-refractivity contribution in [2.45, 2.75) is 56.9 Å². The number of rotatable bonds is 3. The van der Waals surface area contributed by atoms with Crippen LogP contribution < -0.4 is 10.0 Å². The van der Waals surface area contributed by atoms with E-state index in [4.69, 9.17) is 0 Å². The summed E-state index contributed by atoms with van der Waals surface area (Å²) in [5.41, 5.74) is 1.61. The highest BCUT2D eigenvalue weighted by molar-refractivity contribution is 7.89. The average molecular weight is 336 g/mol. The van der Waals surface area contributed by atoms with E-state index in [2.05, 4.69) is 23.9 Å². The number of nitrogens with one attached hydrogen (secondary N) is 2. The van der Waals surface area contributed by atoms with Gasteiger partial charge in [0.2, 0.25) is 15.9 Å². The lowest BCUT2D eigenvalue weighted by Gasteiger charge is -2.34. The fourth-order valence-corrected chi connectivity index (χ4v) is 4.95. The van der Waals surface area contributed by atoms with Crippen LogP contribution in [-0.2, 0) is 21.2 Å². The molecule has 1 fully saturated rings. The first-order chi connectivity index (χ1) is 10.9. The van der Waals surface area contributed by atoms with Gasteiger partial charge in [0.05, 0.1) is 4.90 Å². The van der Waals surface area contributed by atoms with Crippen LogP contribution in [0.4, 0.5) is 5.69 Å². The van der Waals surface area contributed by atoms with Gasteiger partial charge in [-0.1, -0.05) is 26.7 Å². The lowest BCUT2D eigenvalue weighted by molar-refractivity contribution is -0.116. The van der Waals surface area contributed by atoms with E-state index < -0.39 is 10.0 Å². The number of benzene rings is 1. The molecule has 6 heteroatoms. The Kier molecular flexibility index (Phi) is 4.47. The zero-order chi connectivity index (χ0) is 16.6. The Morgan fingerprint density at radius 2 is 1.96 bits per heavy atom. The second-order valence-electron chi connectivity index (χ2n) is 6.86. The maximum atomic E-state index is 12.7. The molecule has 0 unspecified atom stereocenters. The molecule has 2 aliphatic rings. The van der Waals surface area contributed by atoms with Crippen LogP contribution >= 0.6 is 0 Å². The fraction of sp³-hybridized carbons (Fsp3) is 0.588. The van der Waals surface area contributed by atoms with Crippen LogP contribution in [-0.4, -0.2) is 20.4 Å². The van der Waals surface area contributed by atoms with Crippen molar-refractivity contribution in [3.05, 3.63) is 23.8 Å². The molecule has 5 nitrogen and oxygen atoms in total. The van der Waals surface area contributed by atoms with Crippen LogP contribution in [0.5, 0.6) is 0 Å². The molecule has 0 aromatic heterocycles. The summed E-state index contributed by atoms with van der Waals surface area (Å²) in [6.07, 6.45) is 4.11. The maximum absolute atomic E-state index is 12.7. The summed E-state index contributed by atoms with van der Waals surface area (Å²) in [5, 5.41) is 2.78. The molecule has 0 radical (unpaired) electrons. The number of aryl methyl sites for hydroxylation is 1. The summed E-state index contributed by atoms with van der Waals surface area (Å²) in [4.78, 5) is 11.7. The summed E-state index contributed by atoms with van der Waals surface area (Å²) in [6, 6.07) is 4.95. The Morgan fingerprint density at radius 3 is 2.74 bits per heavy atom. The third-order valence-electron chi connectivity index (χ3n) is 5.30. The molecule has 0 saturated heterocycles. The third kappa shape index (κ3) is 3.43. The summed E-state index contributed by atoms with van der Waals surface area (Å²) in [5.74, 6) is 0.863. The molecule has 126 valence electrons. The normalized spacial score (nSPS) is 28.1. The Hall–Kier alpha value is -1.40. The van der Waals surface area contributed by atoms with Crippen LogP contribution in [0.25, 0.3) is 0 Å². The van der Waals surface area contributed by atoms with E-state index in [0.29, 0.717) is 24.7 Å². The molecule has 1 aromatic rings. The van der Waals surface area contributed by atoms with E-state index in [1.165, 1.54) is 0 Å². The number of amides is 1. The van der Waals surface area contributed by atoms with E-state index in [1.54, 1.807) is 18.2 Å². The molecule has 3 rings (SSSR count). The van der Waals surface area contributed by atoms with E-state index >= 15 is 0 Å². The van der Waals surface area contributed by atoms with Crippen LogP contribution in [0.3, 0.4) is 0 Å². The van der Waals surface area contributed by atoms with Crippen LogP contribution in [0, 0.1) is 11.8 Å². The lowest BCUT2D eigenvalue weighted by Crippen LogP contribution is -2.43. The zero-order valence-electron chi connectivity index (χ0n) is 13.6. The Labute approximate surface area is 137 Å². The van der Waals surface area contributed by atoms with Gasteiger partial charge in [-0.15, -0.1) is 0 Å². The molecule has 3 atom stereocenters. The van der Waals surface area contributed by atoms with Gasteiger partial charge in [0.15, 0.2) is 0 Å². The second-order valence-corrected chi connectivity index (χ2v) is 8.58. The predicted octanol–water partition coefficient (Wildman–Crippen LogP) is 2.67. The topological polar surface area (TPSA) is 75.3 Å². The van der Waals surface area contributed by atoms with Crippen molar-refractivity contribution in [1.82, 2.24) is 4.72 Å². The van der Waals surface area contributed by atoms with Gasteiger partial charge >= 0.3 is 0 Å². The molecule has 1 aromatic carbocycles. The van der Waals surface area contributed by atoms with Crippen molar-refractivity contribution in [1.29, 1.82) is 0 Å². The molecule has 1 heterocycles. The Morgan fingerprint density at radius 1 is 1.17 bits per heavy atom. The molecule has 1 aliphatic heterocycles. The zero-order valence-corrected chi connectivity index (χ0v) is 14.4. The first-order valence-electron chi connectivity index (χ1n) is 8.32. The highest BCUT2D eigenvalue weighted by Crippen LogP contribution is 2.31. The standard InChI is InChI=1S/C17H24N2O3S/c1-11-4-3-5-15(12(11)2)19-23(21,22)14-7-8-16-13(10-14)6-9-17(20)18-16/h7-8,10-12,15,19H,3-6,9H2,1-2H3,(H,18,20)/t11-,12+,15-/m0/s1. The number of sulfonamides is 1. The van der Waals surface area contributed by atoms with Crippen molar-refractivity contribution in [2.24, 2.45) is 11.8 Å². The summed E-state index contributed by atoms with van der Waals surface area (Å²) < 4.78 is 28.3. The SMILES string of the molecule is C[C@H]1[C@@H](NS(=O)(=O)c2ccc3c(c2)CCC(=O)N3)CCC[C@@H]1C. The van der Waals surface area contributed by atoms with Crippen molar-refractivity contribution >= 4 is 21.6 Å². The Bertz CT molecular complexity index is 715. The number of carbonyl (C=O) groups is 1. The highest BCUT2D eigenvalue weighted by atomic mass is 32.2. The minimum atomic E-state index is -3.53. The summed E-state index contributed by atoms with van der Waals surface area (Å²) in [7, 11) is -3.53. The van der Waals surface area contributed by atoms with Crippen LogP contribution in [0.1, 0.15) is 45.1 Å². The molecule has 23 heavy (non-hydrogen) atoms. The van der Waals surface area contributed by atoms with Gasteiger partial charge in [0.1, 0.15) is 0 Å². The first-order valence-corrected chi connectivity index (χ1v) is 9.80. The van der Waals surface area contributed by atoms with Gasteiger partial charge < -0.3 is 5.32 Å². The summed E-state index contributed by atoms with van der Waals surface area (Å²) >= 11 is 0. The molecular formula is C17H24N2O3S. The molecule has 0 bridgehead atoms. The molecule has 1 aliphatic carbocycles. The van der Waals surface area contributed by atoms with E-state index in [-0.39, 0.29) is 16.8 Å². The van der Waals surface area contributed by atoms with Gasteiger partial charge in [-0.25, -0.2) is 13.1 Å². The number of anilines is 1. The first kappa shape index (κ1) is 16.5. The molecule has 1 saturated carbocycles. The fourth-order valence-electron chi connectivity index (χ4n) is 3.54. The number of hydrogen-bond acceptors (Lipinski definition) is 3. The van der Waals surface area contributed by atoms with E-state index in [1.807, 2.05) is 0 Å². The van der Waals surface area contributed by atoms with Gasteiger partial charge in [-0.3, -0.25) is 4.79 Å². The van der Waals surface area contributed by atoms with Gasteiger partial charge in [0, 0.05) is 18.2 Å². The van der Waals surface area contributed by atoms with E-state index in [0.717, 1.165) is 30.5 Å². The number of hydrogen-bond donors (Lipinski definition) is 2. The van der Waals surface area contributed by atoms with Gasteiger partial charge in [-0.05, 0) is 48.4 Å². The quantitative estimate of drug-likeness (QED) is 0.891. The molecule has 2 N–H and O–H groups in total. The van der Waals surface area contributed by atoms with Crippen molar-refractivity contribution < 1.29 is 13.2 Å². The highest BCUT2D eigenvalue weighted by Gasteiger charge is 2.31. The minimum absolute atomic E-state index is 0.000477. The van der Waals surface area contributed by atoms with Gasteiger partial charge in [-0.2, -0.15) is 0 Å². The largest absolute Gasteiger partial charge is 0.326 e. The van der Waals surface area contributed by atoms with Crippen molar-refractivity contribution in [2.75, 3.05) is 5.32 Å². The summed E-state index contributed by atoms with van der Waals surface area (Å²) in [6.45, 7) is 4.31. The monoisotopic (exact) mass is 336 g/mol.